The van der Waals surface area contributed by atoms with Gasteiger partial charge in [0.2, 0.25) is 5.91 Å². The second-order valence-corrected chi connectivity index (χ2v) is 8.21. The molecule has 0 radical (unpaired) electrons. The first-order valence-corrected chi connectivity index (χ1v) is 9.28. The largest absolute Gasteiger partial charge is 0.370 e. The van der Waals surface area contributed by atoms with E-state index in [1.54, 1.807) is 35.0 Å². The maximum Gasteiger partial charge on any atom is 0.223 e. The fraction of sp³-hybridized carbons (Fsp3) is 0.450. The Labute approximate surface area is 187 Å². The summed E-state index contributed by atoms with van der Waals surface area (Å²) in [5.74, 6) is 0.151. The standard InChI is InChI=1S/C20H27FN6O.HI/c1-20(2,3)25-19(22)23-10-13-9-17(28)26(4)18(13)14-11-24-27(12-14)16-7-5-15(21)6-8-16;/h5-8,11-13,18H,9-10H2,1-4H3,(H3,22,23,25);1H/t13-,18+;/m0./s1. The molecule has 0 saturated carbocycles. The molecule has 1 aliphatic rings. The van der Waals surface area contributed by atoms with Crippen LogP contribution in [0.4, 0.5) is 4.39 Å². The van der Waals surface area contributed by atoms with Gasteiger partial charge in [-0.25, -0.2) is 9.07 Å². The van der Waals surface area contributed by atoms with Gasteiger partial charge >= 0.3 is 0 Å². The van der Waals surface area contributed by atoms with Crippen LogP contribution in [-0.2, 0) is 4.79 Å². The molecule has 2 heterocycles. The van der Waals surface area contributed by atoms with Crippen LogP contribution in [0.2, 0.25) is 0 Å². The molecule has 1 amide bonds. The van der Waals surface area contributed by atoms with E-state index in [1.165, 1.54) is 12.1 Å². The Morgan fingerprint density at radius 1 is 1.34 bits per heavy atom. The van der Waals surface area contributed by atoms with Crippen molar-refractivity contribution in [3.05, 3.63) is 48.0 Å². The van der Waals surface area contributed by atoms with Crippen molar-refractivity contribution in [2.24, 2.45) is 16.6 Å². The van der Waals surface area contributed by atoms with Crippen LogP contribution in [0.15, 0.2) is 41.7 Å². The van der Waals surface area contributed by atoms with Crippen molar-refractivity contribution in [1.82, 2.24) is 20.0 Å². The first-order valence-electron chi connectivity index (χ1n) is 9.28. The molecule has 7 nitrogen and oxygen atoms in total. The molecule has 3 rings (SSSR count). The number of likely N-dealkylation sites (tertiary alicyclic amines) is 1. The highest BCUT2D eigenvalue weighted by Gasteiger charge is 2.39. The quantitative estimate of drug-likeness (QED) is 0.373. The van der Waals surface area contributed by atoms with Crippen LogP contribution >= 0.6 is 24.0 Å². The van der Waals surface area contributed by atoms with Crippen LogP contribution < -0.4 is 11.1 Å². The number of nitrogens with zero attached hydrogens (tertiary/aromatic N) is 4. The number of hydrogen-bond donors (Lipinski definition) is 2. The van der Waals surface area contributed by atoms with E-state index in [4.69, 9.17) is 5.73 Å². The number of guanidine groups is 1. The number of hydrogen-bond acceptors (Lipinski definition) is 3. The van der Waals surface area contributed by atoms with Crippen LogP contribution in [0.25, 0.3) is 5.69 Å². The zero-order valence-electron chi connectivity index (χ0n) is 17.1. The van der Waals surface area contributed by atoms with Gasteiger partial charge in [0.25, 0.3) is 0 Å². The van der Waals surface area contributed by atoms with Crippen molar-refractivity contribution >= 4 is 35.8 Å². The maximum absolute atomic E-state index is 13.2. The molecule has 29 heavy (non-hydrogen) atoms. The van der Waals surface area contributed by atoms with Crippen molar-refractivity contribution < 1.29 is 9.18 Å². The number of nitrogens with one attached hydrogen (secondary N) is 1. The first kappa shape index (κ1) is 23.1. The lowest BCUT2D eigenvalue weighted by Crippen LogP contribution is -2.45. The molecular weight excluding hydrogens is 486 g/mol. The number of halogens is 2. The normalized spacial score (nSPS) is 20.0. The van der Waals surface area contributed by atoms with Crippen molar-refractivity contribution in [2.75, 3.05) is 13.6 Å². The summed E-state index contributed by atoms with van der Waals surface area (Å²) in [5, 5.41) is 7.51. The summed E-state index contributed by atoms with van der Waals surface area (Å²) in [4.78, 5) is 18.5. The van der Waals surface area contributed by atoms with Crippen LogP contribution in [0, 0.1) is 11.7 Å². The van der Waals surface area contributed by atoms with Crippen LogP contribution in [-0.4, -0.2) is 45.7 Å². The molecule has 1 fully saturated rings. The van der Waals surface area contributed by atoms with E-state index in [-0.39, 0.29) is 53.2 Å². The van der Waals surface area contributed by atoms with Crippen molar-refractivity contribution in [3.63, 3.8) is 0 Å². The number of amides is 1. The summed E-state index contributed by atoms with van der Waals surface area (Å²) in [7, 11) is 1.79. The number of aliphatic imine (C=N–C) groups is 1. The Kier molecular flexibility index (Phi) is 7.25. The second kappa shape index (κ2) is 9.10. The lowest BCUT2D eigenvalue weighted by atomic mass is 9.96. The average Bonchev–Trinajstić information content (AvgIpc) is 3.18. The van der Waals surface area contributed by atoms with Gasteiger partial charge in [-0.3, -0.25) is 9.79 Å². The molecule has 1 saturated heterocycles. The third-order valence-corrected chi connectivity index (χ3v) is 4.73. The van der Waals surface area contributed by atoms with Crippen molar-refractivity contribution in [2.45, 2.75) is 38.8 Å². The van der Waals surface area contributed by atoms with Crippen LogP contribution in [0.3, 0.4) is 0 Å². The van der Waals surface area contributed by atoms with Gasteiger partial charge in [0.05, 0.1) is 17.9 Å². The van der Waals surface area contributed by atoms with Crippen molar-refractivity contribution in [3.8, 4) is 5.69 Å². The summed E-state index contributed by atoms with van der Waals surface area (Å²) in [5.41, 5.74) is 7.48. The number of aromatic nitrogens is 2. The molecule has 2 atom stereocenters. The van der Waals surface area contributed by atoms with Gasteiger partial charge in [-0.15, -0.1) is 24.0 Å². The molecule has 1 aliphatic heterocycles. The Bertz CT molecular complexity index is 874. The van der Waals surface area contributed by atoms with E-state index >= 15 is 0 Å². The van der Waals surface area contributed by atoms with E-state index in [0.29, 0.717) is 18.9 Å². The molecule has 0 bridgehead atoms. The van der Waals surface area contributed by atoms with Crippen molar-refractivity contribution in [1.29, 1.82) is 0 Å². The minimum absolute atomic E-state index is 0. The Morgan fingerprint density at radius 2 is 2.00 bits per heavy atom. The summed E-state index contributed by atoms with van der Waals surface area (Å²) in [6, 6.07) is 5.98. The zero-order valence-corrected chi connectivity index (χ0v) is 19.4. The van der Waals surface area contributed by atoms with Gasteiger partial charge in [0, 0.05) is 43.2 Å². The monoisotopic (exact) mass is 514 g/mol. The number of benzene rings is 1. The predicted octanol–water partition coefficient (Wildman–Crippen LogP) is 2.85. The fourth-order valence-electron chi connectivity index (χ4n) is 3.48. The Morgan fingerprint density at radius 3 is 2.62 bits per heavy atom. The molecule has 0 unspecified atom stereocenters. The summed E-state index contributed by atoms with van der Waals surface area (Å²) < 4.78 is 14.8. The molecular formula is C20H28FIN6O. The molecule has 0 aliphatic carbocycles. The fourth-order valence-corrected chi connectivity index (χ4v) is 3.48. The lowest BCUT2D eigenvalue weighted by Gasteiger charge is -2.24. The van der Waals surface area contributed by atoms with E-state index in [9.17, 15) is 9.18 Å². The van der Waals surface area contributed by atoms with Gasteiger partial charge < -0.3 is 16.0 Å². The first-order chi connectivity index (χ1) is 13.1. The van der Waals surface area contributed by atoms with E-state index in [2.05, 4.69) is 15.4 Å². The molecule has 3 N–H and O–H groups in total. The van der Waals surface area contributed by atoms with E-state index in [0.717, 1.165) is 11.3 Å². The van der Waals surface area contributed by atoms with Gasteiger partial charge in [0.15, 0.2) is 5.96 Å². The summed E-state index contributed by atoms with van der Waals surface area (Å²) in [6.07, 6.45) is 4.03. The van der Waals surface area contributed by atoms with Gasteiger partial charge in [0.1, 0.15) is 5.82 Å². The third kappa shape index (κ3) is 5.68. The van der Waals surface area contributed by atoms with Crippen LogP contribution in [0.5, 0.6) is 0 Å². The highest BCUT2D eigenvalue weighted by molar-refractivity contribution is 14.0. The van der Waals surface area contributed by atoms with Gasteiger partial charge in [-0.05, 0) is 45.0 Å². The molecule has 1 aromatic carbocycles. The number of rotatable bonds is 4. The summed E-state index contributed by atoms with van der Waals surface area (Å²) in [6.45, 7) is 6.47. The predicted molar refractivity (Wildman–Crippen MR) is 122 cm³/mol. The zero-order chi connectivity index (χ0) is 20.5. The number of carbonyl (C=O) groups is 1. The topological polar surface area (TPSA) is 88.5 Å². The average molecular weight is 514 g/mol. The molecule has 9 heteroatoms. The molecule has 158 valence electrons. The van der Waals surface area contributed by atoms with Crippen LogP contribution in [0.1, 0.15) is 38.8 Å². The highest BCUT2D eigenvalue weighted by Crippen LogP contribution is 2.37. The SMILES string of the molecule is CN1C(=O)C[C@@H](CN=C(N)NC(C)(C)C)[C@@H]1c1cnn(-c2ccc(F)cc2)c1.I. The van der Waals surface area contributed by atoms with Gasteiger partial charge in [-0.1, -0.05) is 0 Å². The number of nitrogens with two attached hydrogens (primary N) is 1. The van der Waals surface area contributed by atoms with Gasteiger partial charge in [-0.2, -0.15) is 5.10 Å². The molecule has 1 aromatic heterocycles. The Hall–Kier alpha value is -2.17. The lowest BCUT2D eigenvalue weighted by molar-refractivity contribution is -0.127. The molecule has 0 spiro atoms. The maximum atomic E-state index is 13.2. The van der Waals surface area contributed by atoms with E-state index < -0.39 is 0 Å². The molecule has 2 aromatic rings. The minimum Gasteiger partial charge on any atom is -0.370 e. The minimum atomic E-state index is -0.295. The smallest absolute Gasteiger partial charge is 0.223 e. The second-order valence-electron chi connectivity index (χ2n) is 8.21. The Balaban J connectivity index is 0.00000300. The van der Waals surface area contributed by atoms with E-state index in [1.807, 2.05) is 27.0 Å². The highest BCUT2D eigenvalue weighted by atomic mass is 127. The third-order valence-electron chi connectivity index (χ3n) is 4.73. The summed E-state index contributed by atoms with van der Waals surface area (Å²) >= 11 is 0. The number of carbonyl (C=O) groups excluding carboxylic acids is 1.